The quantitative estimate of drug-likeness (QED) is 0.815. The number of nitrogens with two attached hydrogens (primary N) is 1. The molecule has 7 heteroatoms. The molecule has 1 aliphatic carbocycles. The lowest BCUT2D eigenvalue weighted by Crippen LogP contribution is -2.54. The Balaban J connectivity index is 1.56. The number of rotatable bonds is 4. The second kappa shape index (κ2) is 7.40. The Hall–Kier alpha value is -2.93. The average molecular weight is 408 g/mol. The smallest absolute Gasteiger partial charge is 0.323 e. The van der Waals surface area contributed by atoms with Gasteiger partial charge in [-0.1, -0.05) is 30.3 Å². The molecule has 1 saturated heterocycles. The Morgan fingerprint density at radius 3 is 2.40 bits per heavy atom. The third-order valence-electron chi connectivity index (χ3n) is 6.87. The normalized spacial score (nSPS) is 26.3. The zero-order valence-corrected chi connectivity index (χ0v) is 17.8. The number of carbonyl (C=O) groups is 2. The number of benzene rings is 1. The second-order valence-corrected chi connectivity index (χ2v) is 8.82. The maximum absolute atomic E-state index is 12.9. The Morgan fingerprint density at radius 2 is 1.83 bits per heavy atom. The molecule has 0 radical (unpaired) electrons. The summed E-state index contributed by atoms with van der Waals surface area (Å²) in [6.45, 7) is 2.42. The summed E-state index contributed by atoms with van der Waals surface area (Å²) in [7, 11) is 4.27. The highest BCUT2D eigenvalue weighted by Crippen LogP contribution is 2.46. The van der Waals surface area contributed by atoms with Gasteiger partial charge in [0.15, 0.2) is 0 Å². The summed E-state index contributed by atoms with van der Waals surface area (Å²) in [6.07, 6.45) is 5.15. The lowest BCUT2D eigenvalue weighted by atomic mass is 9.69. The zero-order valence-electron chi connectivity index (χ0n) is 17.8. The number of anilines is 1. The minimum Gasteiger partial charge on any atom is -0.366 e. The van der Waals surface area contributed by atoms with Gasteiger partial charge in [0.2, 0.25) is 5.91 Å². The van der Waals surface area contributed by atoms with Crippen LogP contribution < -0.4 is 16.0 Å². The standard InChI is InChI=1S/C23H29N5O2/c1-16-13-17(19(24)29)14-25-20(16)28-15-22(26-21(28)30)9-11-23(12-10-22,27(2)3)18-7-5-4-6-8-18/h4-8,13-14H,9-12,15H2,1-3H3,(H2,24,29)(H,26,30)/t22-,23-. The maximum atomic E-state index is 12.9. The fourth-order valence-electron chi connectivity index (χ4n) is 5.03. The highest BCUT2D eigenvalue weighted by molar-refractivity contribution is 5.96. The van der Waals surface area contributed by atoms with Crippen molar-refractivity contribution in [3.8, 4) is 0 Å². The molecule has 3 amide bonds. The monoisotopic (exact) mass is 407 g/mol. The van der Waals surface area contributed by atoms with E-state index in [1.807, 2.05) is 13.0 Å². The molecule has 1 aromatic heterocycles. The molecule has 2 heterocycles. The lowest BCUT2D eigenvalue weighted by molar-refractivity contribution is 0.0657. The van der Waals surface area contributed by atoms with Crippen LogP contribution in [0.5, 0.6) is 0 Å². The van der Waals surface area contributed by atoms with Gasteiger partial charge in [-0.15, -0.1) is 0 Å². The van der Waals surface area contributed by atoms with Crippen LogP contribution in [-0.2, 0) is 5.54 Å². The van der Waals surface area contributed by atoms with Gasteiger partial charge >= 0.3 is 6.03 Å². The van der Waals surface area contributed by atoms with Crippen LogP contribution in [0.15, 0.2) is 42.6 Å². The van der Waals surface area contributed by atoms with Crippen LogP contribution in [0.25, 0.3) is 0 Å². The summed E-state index contributed by atoms with van der Waals surface area (Å²) in [4.78, 5) is 32.7. The highest BCUT2D eigenvalue weighted by Gasteiger charge is 2.50. The first-order valence-electron chi connectivity index (χ1n) is 10.4. The van der Waals surface area contributed by atoms with E-state index in [1.165, 1.54) is 11.8 Å². The molecular formula is C23H29N5O2. The number of hydrogen-bond acceptors (Lipinski definition) is 4. The van der Waals surface area contributed by atoms with Crippen molar-refractivity contribution in [2.24, 2.45) is 5.73 Å². The van der Waals surface area contributed by atoms with Crippen LogP contribution in [0, 0.1) is 6.92 Å². The predicted molar refractivity (Wildman–Crippen MR) is 116 cm³/mol. The highest BCUT2D eigenvalue weighted by atomic mass is 16.2. The largest absolute Gasteiger partial charge is 0.366 e. The van der Waals surface area contributed by atoms with E-state index in [4.69, 9.17) is 5.73 Å². The van der Waals surface area contributed by atoms with Gasteiger partial charge in [-0.3, -0.25) is 14.6 Å². The van der Waals surface area contributed by atoms with Gasteiger partial charge in [0.25, 0.3) is 0 Å². The van der Waals surface area contributed by atoms with Crippen molar-refractivity contribution in [1.29, 1.82) is 0 Å². The summed E-state index contributed by atoms with van der Waals surface area (Å²) in [5.74, 6) is 0.0644. The Bertz CT molecular complexity index is 965. The number of nitrogens with zero attached hydrogens (tertiary/aromatic N) is 3. The summed E-state index contributed by atoms with van der Waals surface area (Å²) in [5.41, 5.74) is 7.50. The van der Waals surface area contributed by atoms with Crippen molar-refractivity contribution in [2.45, 2.75) is 43.7 Å². The van der Waals surface area contributed by atoms with Crippen molar-refractivity contribution in [1.82, 2.24) is 15.2 Å². The van der Waals surface area contributed by atoms with Crippen molar-refractivity contribution in [3.63, 3.8) is 0 Å². The molecule has 0 unspecified atom stereocenters. The van der Waals surface area contributed by atoms with Crippen LogP contribution in [0.2, 0.25) is 0 Å². The molecule has 1 aromatic carbocycles. The minimum atomic E-state index is -0.521. The number of pyridine rings is 1. The molecule has 2 aliphatic rings. The lowest BCUT2D eigenvalue weighted by Gasteiger charge is -2.48. The molecule has 30 heavy (non-hydrogen) atoms. The molecule has 0 atom stereocenters. The number of hydrogen-bond donors (Lipinski definition) is 2. The molecule has 2 aromatic rings. The van der Waals surface area contributed by atoms with Gasteiger partial charge in [-0.05, 0) is 63.9 Å². The van der Waals surface area contributed by atoms with Crippen LogP contribution in [0.3, 0.4) is 0 Å². The summed E-state index contributed by atoms with van der Waals surface area (Å²) in [6, 6.07) is 12.2. The van der Waals surface area contributed by atoms with Gasteiger partial charge in [0.05, 0.1) is 17.6 Å². The Labute approximate surface area is 177 Å². The summed E-state index contributed by atoms with van der Waals surface area (Å²) < 4.78 is 0. The molecule has 158 valence electrons. The Morgan fingerprint density at radius 1 is 1.17 bits per heavy atom. The minimum absolute atomic E-state index is 0.0258. The fourth-order valence-corrected chi connectivity index (χ4v) is 5.03. The van der Waals surface area contributed by atoms with Crippen LogP contribution in [-0.4, -0.2) is 48.0 Å². The van der Waals surface area contributed by atoms with Crippen LogP contribution >= 0.6 is 0 Å². The average Bonchev–Trinajstić information content (AvgIpc) is 3.04. The molecular weight excluding hydrogens is 378 g/mol. The number of primary amides is 1. The number of aryl methyl sites for hydroxylation is 1. The molecule has 1 spiro atoms. The molecule has 1 saturated carbocycles. The SMILES string of the molecule is Cc1cc(C(N)=O)cnc1N1C[C@]2(CC[C@@](c3ccccc3)(N(C)C)CC2)NC1=O. The van der Waals surface area contributed by atoms with Crippen LogP contribution in [0.4, 0.5) is 10.6 Å². The predicted octanol–water partition coefficient (Wildman–Crippen LogP) is 2.79. The number of aromatic nitrogens is 1. The van der Waals surface area contributed by atoms with E-state index in [2.05, 4.69) is 53.6 Å². The van der Waals surface area contributed by atoms with Gasteiger partial charge in [0, 0.05) is 11.7 Å². The first-order chi connectivity index (χ1) is 14.3. The molecule has 1 aliphatic heterocycles. The van der Waals surface area contributed by atoms with E-state index in [0.29, 0.717) is 17.9 Å². The first-order valence-corrected chi connectivity index (χ1v) is 10.4. The van der Waals surface area contributed by atoms with Crippen molar-refractivity contribution in [2.75, 3.05) is 25.5 Å². The molecule has 3 N–H and O–H groups in total. The molecule has 2 fully saturated rings. The second-order valence-electron chi connectivity index (χ2n) is 8.82. The maximum Gasteiger partial charge on any atom is 0.323 e. The summed E-state index contributed by atoms with van der Waals surface area (Å²) >= 11 is 0. The van der Waals surface area contributed by atoms with E-state index < -0.39 is 5.91 Å². The van der Waals surface area contributed by atoms with E-state index in [0.717, 1.165) is 31.2 Å². The van der Waals surface area contributed by atoms with Crippen molar-refractivity contribution in [3.05, 3.63) is 59.3 Å². The topological polar surface area (TPSA) is 91.6 Å². The molecule has 4 rings (SSSR count). The Kier molecular flexibility index (Phi) is 5.02. The number of urea groups is 1. The number of nitrogens with one attached hydrogen (secondary N) is 1. The van der Waals surface area contributed by atoms with Gasteiger partial charge in [-0.25, -0.2) is 9.78 Å². The van der Waals surface area contributed by atoms with Crippen molar-refractivity contribution < 1.29 is 9.59 Å². The van der Waals surface area contributed by atoms with Gasteiger partial charge in [-0.2, -0.15) is 0 Å². The molecule has 7 nitrogen and oxygen atoms in total. The number of carbonyl (C=O) groups excluding carboxylic acids is 2. The third-order valence-corrected chi connectivity index (χ3v) is 6.87. The fraction of sp³-hybridized carbons (Fsp3) is 0.435. The van der Waals surface area contributed by atoms with E-state index in [9.17, 15) is 9.59 Å². The summed E-state index contributed by atoms with van der Waals surface area (Å²) in [5, 5.41) is 3.25. The first kappa shape index (κ1) is 20.3. The third kappa shape index (κ3) is 3.33. The van der Waals surface area contributed by atoms with Crippen LogP contribution in [0.1, 0.15) is 47.2 Å². The number of amides is 3. The van der Waals surface area contributed by atoms with Gasteiger partial charge < -0.3 is 11.1 Å². The van der Waals surface area contributed by atoms with Gasteiger partial charge in [0.1, 0.15) is 5.82 Å². The molecule has 0 bridgehead atoms. The van der Waals surface area contributed by atoms with E-state index >= 15 is 0 Å². The van der Waals surface area contributed by atoms with E-state index in [-0.39, 0.29) is 17.1 Å². The van der Waals surface area contributed by atoms with E-state index in [1.54, 1.807) is 11.0 Å². The van der Waals surface area contributed by atoms with Crippen molar-refractivity contribution >= 4 is 17.8 Å². The zero-order chi connectivity index (χ0) is 21.5.